The van der Waals surface area contributed by atoms with Crippen molar-refractivity contribution in [3.05, 3.63) is 23.5 Å². The van der Waals surface area contributed by atoms with Gasteiger partial charge in [-0.05, 0) is 49.5 Å². The first kappa shape index (κ1) is 13.3. The van der Waals surface area contributed by atoms with Crippen molar-refractivity contribution in [2.75, 3.05) is 0 Å². The first-order chi connectivity index (χ1) is 7.50. The predicted octanol–water partition coefficient (Wildman–Crippen LogP) is 4.86. The van der Waals surface area contributed by atoms with Gasteiger partial charge in [-0.1, -0.05) is 32.9 Å². The molecular formula is C15H26O. The van der Waals surface area contributed by atoms with Crippen LogP contribution in [-0.4, -0.2) is 5.11 Å². The molecule has 0 bridgehead atoms. The molecule has 92 valence electrons. The molecule has 0 saturated heterocycles. The van der Waals surface area contributed by atoms with Crippen LogP contribution >= 0.6 is 0 Å². The third kappa shape index (κ3) is 4.03. The molecule has 0 heterocycles. The van der Waals surface area contributed by atoms with E-state index in [4.69, 9.17) is 0 Å². The zero-order valence-corrected chi connectivity index (χ0v) is 11.2. The maximum Gasteiger partial charge on any atom is 0.0912 e. The summed E-state index contributed by atoms with van der Waals surface area (Å²) in [5.41, 5.74) is 1.19. The van der Waals surface area contributed by atoms with Crippen molar-refractivity contribution < 1.29 is 5.11 Å². The van der Waals surface area contributed by atoms with Crippen LogP contribution in [0.4, 0.5) is 0 Å². The van der Waals surface area contributed by atoms with Crippen molar-refractivity contribution in [1.29, 1.82) is 0 Å². The maximum absolute atomic E-state index is 9.90. The average Bonchev–Trinajstić information content (AvgIpc) is 2.23. The van der Waals surface area contributed by atoms with E-state index in [2.05, 4.69) is 39.8 Å². The second-order valence-corrected chi connectivity index (χ2v) is 5.57. The van der Waals surface area contributed by atoms with E-state index in [9.17, 15) is 5.11 Å². The molecule has 16 heavy (non-hydrogen) atoms. The van der Waals surface area contributed by atoms with Gasteiger partial charge in [0.2, 0.25) is 0 Å². The zero-order valence-electron chi connectivity index (χ0n) is 11.2. The van der Waals surface area contributed by atoms with Crippen LogP contribution in [0.2, 0.25) is 0 Å². The van der Waals surface area contributed by atoms with Crippen LogP contribution < -0.4 is 0 Å². The molecule has 1 nitrogen and oxygen atoms in total. The Kier molecular flexibility index (Phi) is 5.11. The minimum Gasteiger partial charge on any atom is -0.512 e. The summed E-state index contributed by atoms with van der Waals surface area (Å²) in [5.74, 6) is 2.56. The Labute approximate surface area is 100 Å². The van der Waals surface area contributed by atoms with Gasteiger partial charge in [-0.25, -0.2) is 0 Å². The van der Waals surface area contributed by atoms with Crippen LogP contribution in [-0.2, 0) is 0 Å². The van der Waals surface area contributed by atoms with E-state index in [0.717, 1.165) is 25.7 Å². The van der Waals surface area contributed by atoms with Crippen molar-refractivity contribution in [3.63, 3.8) is 0 Å². The number of aliphatic hydroxyl groups is 1. The minimum atomic E-state index is 0.578. The highest BCUT2D eigenvalue weighted by molar-refractivity contribution is 5.07. The fraction of sp³-hybridized carbons (Fsp3) is 0.733. The monoisotopic (exact) mass is 222 g/mol. The van der Waals surface area contributed by atoms with Gasteiger partial charge in [-0.15, -0.1) is 0 Å². The largest absolute Gasteiger partial charge is 0.512 e. The quantitative estimate of drug-likeness (QED) is 0.628. The van der Waals surface area contributed by atoms with E-state index in [1.165, 1.54) is 5.57 Å². The van der Waals surface area contributed by atoms with E-state index in [0.29, 0.717) is 23.5 Å². The van der Waals surface area contributed by atoms with E-state index < -0.39 is 0 Å². The molecule has 0 unspecified atom stereocenters. The van der Waals surface area contributed by atoms with Crippen LogP contribution in [0.3, 0.4) is 0 Å². The molecule has 1 heteroatoms. The van der Waals surface area contributed by atoms with Gasteiger partial charge in [-0.2, -0.15) is 0 Å². The summed E-state index contributed by atoms with van der Waals surface area (Å²) >= 11 is 0. The first-order valence-corrected chi connectivity index (χ1v) is 6.56. The van der Waals surface area contributed by atoms with Crippen LogP contribution in [0.1, 0.15) is 53.4 Å². The van der Waals surface area contributed by atoms with Gasteiger partial charge in [0.1, 0.15) is 0 Å². The number of rotatable bonds is 1. The van der Waals surface area contributed by atoms with Crippen molar-refractivity contribution >= 4 is 0 Å². The zero-order chi connectivity index (χ0) is 12.1. The lowest BCUT2D eigenvalue weighted by Gasteiger charge is -2.20. The summed E-state index contributed by atoms with van der Waals surface area (Å²) < 4.78 is 0. The smallest absolute Gasteiger partial charge is 0.0912 e. The molecule has 0 aromatic carbocycles. The lowest BCUT2D eigenvalue weighted by molar-refractivity contribution is 0.358. The molecule has 1 aliphatic rings. The number of allylic oxidation sites excluding steroid dienone is 4. The fourth-order valence-corrected chi connectivity index (χ4v) is 2.19. The highest BCUT2D eigenvalue weighted by Crippen LogP contribution is 2.26. The molecule has 1 N–H and O–H groups in total. The third-order valence-corrected chi connectivity index (χ3v) is 3.72. The SMILES string of the molecule is C/C1=C(\O)CC[C@H](C)/C=C\[C@H](C(C)C)CC1. The van der Waals surface area contributed by atoms with Gasteiger partial charge in [0, 0.05) is 6.42 Å². The lowest BCUT2D eigenvalue weighted by Crippen LogP contribution is -2.08. The Bertz CT molecular complexity index is 273. The van der Waals surface area contributed by atoms with E-state index in [-0.39, 0.29) is 0 Å². The highest BCUT2D eigenvalue weighted by atomic mass is 16.3. The molecule has 1 rings (SSSR count). The summed E-state index contributed by atoms with van der Waals surface area (Å²) in [6, 6.07) is 0. The van der Waals surface area contributed by atoms with Crippen LogP contribution in [0.25, 0.3) is 0 Å². The molecule has 1 aliphatic carbocycles. The maximum atomic E-state index is 9.90. The normalized spacial score (nSPS) is 35.1. The molecule has 0 aromatic heterocycles. The van der Waals surface area contributed by atoms with Gasteiger partial charge in [0.25, 0.3) is 0 Å². The van der Waals surface area contributed by atoms with Crippen molar-refractivity contribution in [3.8, 4) is 0 Å². The summed E-state index contributed by atoms with van der Waals surface area (Å²) in [5, 5.41) is 9.90. The second-order valence-electron chi connectivity index (χ2n) is 5.57. The number of hydrogen-bond acceptors (Lipinski definition) is 1. The Hall–Kier alpha value is -0.720. The molecular weight excluding hydrogens is 196 g/mol. The average molecular weight is 222 g/mol. The molecule has 0 spiro atoms. The number of aliphatic hydroxyl groups excluding tert-OH is 1. The minimum absolute atomic E-state index is 0.578. The lowest BCUT2D eigenvalue weighted by atomic mass is 9.86. The Morgan fingerprint density at radius 1 is 1.19 bits per heavy atom. The van der Waals surface area contributed by atoms with Gasteiger partial charge >= 0.3 is 0 Å². The molecule has 2 atom stereocenters. The number of hydrogen-bond donors (Lipinski definition) is 1. The molecule has 0 radical (unpaired) electrons. The topological polar surface area (TPSA) is 20.2 Å². The van der Waals surface area contributed by atoms with Crippen molar-refractivity contribution in [2.45, 2.75) is 53.4 Å². The van der Waals surface area contributed by atoms with Gasteiger partial charge in [0.15, 0.2) is 0 Å². The Morgan fingerprint density at radius 2 is 1.88 bits per heavy atom. The van der Waals surface area contributed by atoms with Crippen LogP contribution in [0.15, 0.2) is 23.5 Å². The van der Waals surface area contributed by atoms with E-state index in [1.807, 2.05) is 0 Å². The van der Waals surface area contributed by atoms with Gasteiger partial charge in [-0.3, -0.25) is 0 Å². The molecule has 0 saturated carbocycles. The summed E-state index contributed by atoms with van der Waals surface area (Å²) in [7, 11) is 0. The molecule has 0 aliphatic heterocycles. The Morgan fingerprint density at radius 3 is 2.50 bits per heavy atom. The third-order valence-electron chi connectivity index (χ3n) is 3.72. The fourth-order valence-electron chi connectivity index (χ4n) is 2.19. The first-order valence-electron chi connectivity index (χ1n) is 6.56. The van der Waals surface area contributed by atoms with Crippen molar-refractivity contribution in [1.82, 2.24) is 0 Å². The Balaban J connectivity index is 2.76. The summed E-state index contributed by atoms with van der Waals surface area (Å²) in [4.78, 5) is 0. The molecule has 0 fully saturated rings. The van der Waals surface area contributed by atoms with Crippen LogP contribution in [0, 0.1) is 17.8 Å². The predicted molar refractivity (Wildman–Crippen MR) is 70.4 cm³/mol. The van der Waals surface area contributed by atoms with Crippen LogP contribution in [0.5, 0.6) is 0 Å². The summed E-state index contributed by atoms with van der Waals surface area (Å²) in [6.45, 7) is 8.87. The second kappa shape index (κ2) is 6.12. The standard InChI is InChI=1S/C15H26O/c1-11(2)14-8-5-12(3)6-10-15(16)13(4)7-9-14/h5,8,11-12,14,16H,6-7,9-10H2,1-4H3/b8-5-,15-13+/t12-,14+/m1/s1. The van der Waals surface area contributed by atoms with Gasteiger partial charge < -0.3 is 5.11 Å². The van der Waals surface area contributed by atoms with E-state index >= 15 is 0 Å². The highest BCUT2D eigenvalue weighted by Gasteiger charge is 2.13. The van der Waals surface area contributed by atoms with E-state index in [1.54, 1.807) is 0 Å². The molecule has 0 aromatic rings. The van der Waals surface area contributed by atoms with Gasteiger partial charge in [0.05, 0.1) is 5.76 Å². The molecule has 0 amide bonds. The summed E-state index contributed by atoms with van der Waals surface area (Å²) in [6.07, 6.45) is 8.82. The van der Waals surface area contributed by atoms with Crippen molar-refractivity contribution in [2.24, 2.45) is 17.8 Å².